The van der Waals surface area contributed by atoms with Gasteiger partial charge < -0.3 is 10.1 Å². The molecule has 2 N–H and O–H groups in total. The van der Waals surface area contributed by atoms with E-state index >= 15 is 0 Å². The summed E-state index contributed by atoms with van der Waals surface area (Å²) < 4.78 is 4.88. The number of nitrogens with zero attached hydrogens (tertiary/aromatic N) is 2. The number of hydrogen-bond acceptors (Lipinski definition) is 5. The highest BCUT2D eigenvalue weighted by Crippen LogP contribution is 2.22. The monoisotopic (exact) mass is 328 g/mol. The Morgan fingerprint density at radius 2 is 2.17 bits per heavy atom. The summed E-state index contributed by atoms with van der Waals surface area (Å²) in [5.74, 6) is -0.270. The Kier molecular flexibility index (Phi) is 4.90. The van der Waals surface area contributed by atoms with Gasteiger partial charge in [0, 0.05) is 19.2 Å². The SMILES string of the molecule is CCOC(=O)c1cc(NC(=O)[C@H]2CCN2Cc2ccccc2)n[nH]1. The van der Waals surface area contributed by atoms with Crippen molar-refractivity contribution in [3.8, 4) is 0 Å². The Morgan fingerprint density at radius 3 is 2.83 bits per heavy atom. The van der Waals surface area contributed by atoms with Crippen LogP contribution in [0.1, 0.15) is 29.4 Å². The third-order valence-electron chi connectivity index (χ3n) is 3.99. The van der Waals surface area contributed by atoms with E-state index in [-0.39, 0.29) is 24.2 Å². The van der Waals surface area contributed by atoms with E-state index in [0.29, 0.717) is 5.82 Å². The van der Waals surface area contributed by atoms with E-state index in [9.17, 15) is 9.59 Å². The number of carbonyl (C=O) groups excluding carboxylic acids is 2. The smallest absolute Gasteiger partial charge is 0.356 e. The van der Waals surface area contributed by atoms with Crippen LogP contribution in [-0.4, -0.2) is 46.2 Å². The third kappa shape index (κ3) is 3.62. The summed E-state index contributed by atoms with van der Waals surface area (Å²) in [6, 6.07) is 11.4. The van der Waals surface area contributed by atoms with Crippen molar-refractivity contribution in [2.24, 2.45) is 0 Å². The van der Waals surface area contributed by atoms with Gasteiger partial charge in [-0.15, -0.1) is 0 Å². The normalized spacial score (nSPS) is 17.1. The van der Waals surface area contributed by atoms with Crippen LogP contribution in [-0.2, 0) is 16.1 Å². The van der Waals surface area contributed by atoms with Crippen molar-refractivity contribution in [1.82, 2.24) is 15.1 Å². The van der Waals surface area contributed by atoms with Gasteiger partial charge in [0.25, 0.3) is 0 Å². The molecule has 1 fully saturated rings. The second kappa shape index (κ2) is 7.27. The van der Waals surface area contributed by atoms with E-state index in [0.717, 1.165) is 19.5 Å². The summed E-state index contributed by atoms with van der Waals surface area (Å²) in [7, 11) is 0. The van der Waals surface area contributed by atoms with E-state index in [1.54, 1.807) is 6.92 Å². The van der Waals surface area contributed by atoms with Crippen molar-refractivity contribution in [2.75, 3.05) is 18.5 Å². The Hall–Kier alpha value is -2.67. The first-order chi connectivity index (χ1) is 11.7. The molecule has 2 aromatic rings. The van der Waals surface area contributed by atoms with Crippen molar-refractivity contribution in [1.29, 1.82) is 0 Å². The highest BCUT2D eigenvalue weighted by atomic mass is 16.5. The van der Waals surface area contributed by atoms with E-state index in [1.807, 2.05) is 30.3 Å². The third-order valence-corrected chi connectivity index (χ3v) is 3.99. The molecule has 1 aliphatic heterocycles. The van der Waals surface area contributed by atoms with Crippen LogP contribution in [0.15, 0.2) is 36.4 Å². The first-order valence-electron chi connectivity index (χ1n) is 7.98. The topological polar surface area (TPSA) is 87.3 Å². The van der Waals surface area contributed by atoms with Gasteiger partial charge in [-0.2, -0.15) is 5.10 Å². The van der Waals surface area contributed by atoms with Crippen LogP contribution in [0.2, 0.25) is 0 Å². The zero-order chi connectivity index (χ0) is 16.9. The summed E-state index contributed by atoms with van der Waals surface area (Å²) in [6.07, 6.45) is 0.813. The molecule has 1 atom stereocenters. The average molecular weight is 328 g/mol. The molecule has 0 saturated carbocycles. The standard InChI is InChI=1S/C17H20N4O3/c1-2-24-17(23)13-10-15(20-19-13)18-16(22)14-8-9-21(14)11-12-6-4-3-5-7-12/h3-7,10,14H,2,8-9,11H2,1H3,(H2,18,19,20,22)/t14-/m1/s1. The van der Waals surface area contributed by atoms with Gasteiger partial charge in [-0.05, 0) is 18.9 Å². The van der Waals surface area contributed by atoms with Gasteiger partial charge in [0.1, 0.15) is 5.69 Å². The lowest BCUT2D eigenvalue weighted by atomic mass is 10.0. The number of carbonyl (C=O) groups is 2. The van der Waals surface area contributed by atoms with Crippen LogP contribution in [0.5, 0.6) is 0 Å². The summed E-state index contributed by atoms with van der Waals surface area (Å²) in [6.45, 7) is 3.65. The van der Waals surface area contributed by atoms with Crippen molar-refractivity contribution >= 4 is 17.7 Å². The number of esters is 1. The number of likely N-dealkylation sites (tertiary alicyclic amines) is 1. The number of amides is 1. The maximum atomic E-state index is 12.4. The molecule has 1 aromatic carbocycles. The zero-order valence-corrected chi connectivity index (χ0v) is 13.5. The summed E-state index contributed by atoms with van der Waals surface area (Å²) in [5, 5.41) is 9.25. The van der Waals surface area contributed by atoms with Crippen LogP contribution in [0.4, 0.5) is 5.82 Å². The molecule has 24 heavy (non-hydrogen) atoms. The molecule has 0 radical (unpaired) electrons. The van der Waals surface area contributed by atoms with Crippen molar-refractivity contribution < 1.29 is 14.3 Å². The van der Waals surface area contributed by atoms with E-state index < -0.39 is 5.97 Å². The highest BCUT2D eigenvalue weighted by Gasteiger charge is 2.34. The molecule has 0 aliphatic carbocycles. The van der Waals surface area contributed by atoms with Crippen LogP contribution in [0.25, 0.3) is 0 Å². The Labute approximate surface area is 140 Å². The van der Waals surface area contributed by atoms with E-state index in [2.05, 4.69) is 20.4 Å². The lowest BCUT2D eigenvalue weighted by Gasteiger charge is -2.39. The van der Waals surface area contributed by atoms with Crippen molar-refractivity contribution in [3.63, 3.8) is 0 Å². The molecule has 1 aliphatic rings. The maximum absolute atomic E-state index is 12.4. The fourth-order valence-corrected chi connectivity index (χ4v) is 2.65. The second-order valence-corrected chi connectivity index (χ2v) is 5.64. The van der Waals surface area contributed by atoms with Crippen LogP contribution >= 0.6 is 0 Å². The van der Waals surface area contributed by atoms with Gasteiger partial charge in [0.2, 0.25) is 5.91 Å². The molecule has 7 heteroatoms. The molecule has 1 aromatic heterocycles. The summed E-state index contributed by atoms with van der Waals surface area (Å²) in [5.41, 5.74) is 1.40. The zero-order valence-electron chi connectivity index (χ0n) is 13.5. The van der Waals surface area contributed by atoms with Gasteiger partial charge >= 0.3 is 5.97 Å². The molecule has 126 valence electrons. The average Bonchev–Trinajstić information content (AvgIpc) is 3.01. The minimum atomic E-state index is -0.486. The van der Waals surface area contributed by atoms with E-state index in [4.69, 9.17) is 4.74 Å². The molecule has 0 unspecified atom stereocenters. The van der Waals surface area contributed by atoms with E-state index in [1.165, 1.54) is 11.6 Å². The maximum Gasteiger partial charge on any atom is 0.356 e. The van der Waals surface area contributed by atoms with Crippen LogP contribution in [0.3, 0.4) is 0 Å². The fourth-order valence-electron chi connectivity index (χ4n) is 2.65. The lowest BCUT2D eigenvalue weighted by Crippen LogP contribution is -2.53. The summed E-state index contributed by atoms with van der Waals surface area (Å²) >= 11 is 0. The number of aromatic nitrogens is 2. The quantitative estimate of drug-likeness (QED) is 0.790. The van der Waals surface area contributed by atoms with Crippen LogP contribution < -0.4 is 5.32 Å². The molecule has 0 bridgehead atoms. The van der Waals surface area contributed by atoms with Gasteiger partial charge in [0.15, 0.2) is 5.82 Å². The Morgan fingerprint density at radius 1 is 1.38 bits per heavy atom. The van der Waals surface area contributed by atoms with Crippen LogP contribution in [0, 0.1) is 0 Å². The van der Waals surface area contributed by atoms with Gasteiger partial charge in [-0.25, -0.2) is 4.79 Å². The molecule has 2 heterocycles. The highest BCUT2D eigenvalue weighted by molar-refractivity contribution is 5.96. The predicted molar refractivity (Wildman–Crippen MR) is 88.4 cm³/mol. The number of nitrogens with one attached hydrogen (secondary N) is 2. The number of ether oxygens (including phenoxy) is 1. The molecule has 3 rings (SSSR count). The van der Waals surface area contributed by atoms with Gasteiger partial charge in [-0.3, -0.25) is 14.8 Å². The number of hydrogen-bond donors (Lipinski definition) is 2. The Bertz CT molecular complexity index is 714. The largest absolute Gasteiger partial charge is 0.461 e. The number of H-pyrrole nitrogens is 1. The molecule has 0 spiro atoms. The first kappa shape index (κ1) is 16.2. The molecular formula is C17H20N4O3. The van der Waals surface area contributed by atoms with Crippen molar-refractivity contribution in [3.05, 3.63) is 47.7 Å². The van der Waals surface area contributed by atoms with Gasteiger partial charge in [0.05, 0.1) is 12.6 Å². The fraction of sp³-hybridized carbons (Fsp3) is 0.353. The number of rotatable bonds is 6. The predicted octanol–water partition coefficient (Wildman–Crippen LogP) is 1.80. The molecule has 1 amide bonds. The number of anilines is 1. The molecule has 7 nitrogen and oxygen atoms in total. The molecular weight excluding hydrogens is 308 g/mol. The first-order valence-corrected chi connectivity index (χ1v) is 7.98. The number of benzene rings is 1. The minimum absolute atomic E-state index is 0.112. The van der Waals surface area contributed by atoms with Gasteiger partial charge in [-0.1, -0.05) is 30.3 Å². The Balaban J connectivity index is 1.56. The number of aromatic amines is 1. The summed E-state index contributed by atoms with van der Waals surface area (Å²) in [4.78, 5) is 26.1. The molecule has 1 saturated heterocycles. The second-order valence-electron chi connectivity index (χ2n) is 5.64. The van der Waals surface area contributed by atoms with Crippen molar-refractivity contribution in [2.45, 2.75) is 25.9 Å². The minimum Gasteiger partial charge on any atom is -0.461 e. The lowest BCUT2D eigenvalue weighted by molar-refractivity contribution is -0.125.